The van der Waals surface area contributed by atoms with Crippen LogP contribution in [0.15, 0.2) is 23.1 Å². The summed E-state index contributed by atoms with van der Waals surface area (Å²) < 4.78 is 6.66. The SMILES string of the molecule is CCCn1cc(C(=O)OCI)ccc1=O. The number of carbonyl (C=O) groups excluding carboxylic acids is 1. The van der Waals surface area contributed by atoms with Crippen molar-refractivity contribution < 1.29 is 9.53 Å². The van der Waals surface area contributed by atoms with Crippen LogP contribution in [0.1, 0.15) is 23.7 Å². The van der Waals surface area contributed by atoms with E-state index in [1.165, 1.54) is 16.7 Å². The van der Waals surface area contributed by atoms with E-state index in [1.54, 1.807) is 6.20 Å². The van der Waals surface area contributed by atoms with Gasteiger partial charge < -0.3 is 9.30 Å². The van der Waals surface area contributed by atoms with Crippen molar-refractivity contribution in [2.75, 3.05) is 4.61 Å². The Balaban J connectivity index is 2.96. The molecule has 15 heavy (non-hydrogen) atoms. The van der Waals surface area contributed by atoms with Crippen molar-refractivity contribution in [1.82, 2.24) is 4.57 Å². The largest absolute Gasteiger partial charge is 0.451 e. The molecule has 82 valence electrons. The number of aryl methyl sites for hydroxylation is 1. The molecule has 0 fully saturated rings. The Bertz CT molecular complexity index is 400. The highest BCUT2D eigenvalue weighted by molar-refractivity contribution is 14.1. The summed E-state index contributed by atoms with van der Waals surface area (Å²) in [6.45, 7) is 2.59. The highest BCUT2D eigenvalue weighted by atomic mass is 127. The maximum atomic E-state index is 11.4. The van der Waals surface area contributed by atoms with Crippen molar-refractivity contribution in [2.45, 2.75) is 19.9 Å². The molecule has 0 aliphatic rings. The maximum Gasteiger partial charge on any atom is 0.340 e. The number of hydrogen-bond acceptors (Lipinski definition) is 3. The lowest BCUT2D eigenvalue weighted by Crippen LogP contribution is -2.20. The van der Waals surface area contributed by atoms with Gasteiger partial charge in [0.1, 0.15) is 4.61 Å². The monoisotopic (exact) mass is 321 g/mol. The van der Waals surface area contributed by atoms with Crippen molar-refractivity contribution in [3.8, 4) is 0 Å². The molecular weight excluding hydrogens is 309 g/mol. The van der Waals surface area contributed by atoms with Gasteiger partial charge in [-0.2, -0.15) is 0 Å². The number of aromatic nitrogens is 1. The number of hydrogen-bond donors (Lipinski definition) is 0. The zero-order chi connectivity index (χ0) is 11.3. The van der Waals surface area contributed by atoms with E-state index in [4.69, 9.17) is 4.74 Å². The summed E-state index contributed by atoms with van der Waals surface area (Å²) in [6, 6.07) is 2.88. The minimum atomic E-state index is -0.394. The van der Waals surface area contributed by atoms with Crippen LogP contribution in [0.25, 0.3) is 0 Å². The van der Waals surface area contributed by atoms with Crippen LogP contribution in [0.5, 0.6) is 0 Å². The minimum Gasteiger partial charge on any atom is -0.451 e. The van der Waals surface area contributed by atoms with E-state index in [2.05, 4.69) is 0 Å². The highest BCUT2D eigenvalue weighted by Gasteiger charge is 2.07. The Morgan fingerprint density at radius 2 is 2.27 bits per heavy atom. The number of halogens is 1. The van der Waals surface area contributed by atoms with Crippen LogP contribution in [0.3, 0.4) is 0 Å². The van der Waals surface area contributed by atoms with Crippen LogP contribution < -0.4 is 5.56 Å². The molecule has 0 aliphatic carbocycles. The van der Waals surface area contributed by atoms with Gasteiger partial charge in [0, 0.05) is 18.8 Å². The number of pyridine rings is 1. The zero-order valence-electron chi connectivity index (χ0n) is 8.40. The van der Waals surface area contributed by atoms with Gasteiger partial charge in [-0.15, -0.1) is 0 Å². The Morgan fingerprint density at radius 3 is 2.87 bits per heavy atom. The van der Waals surface area contributed by atoms with Gasteiger partial charge in [-0.25, -0.2) is 4.79 Å². The molecule has 0 saturated carbocycles. The van der Waals surface area contributed by atoms with Crippen LogP contribution in [0.2, 0.25) is 0 Å². The normalized spacial score (nSPS) is 10.0. The van der Waals surface area contributed by atoms with E-state index in [1.807, 2.05) is 29.5 Å². The molecule has 1 aromatic heterocycles. The average molecular weight is 321 g/mol. The lowest BCUT2D eigenvalue weighted by Gasteiger charge is -2.05. The van der Waals surface area contributed by atoms with Crippen molar-refractivity contribution in [2.24, 2.45) is 0 Å². The fraction of sp³-hybridized carbons (Fsp3) is 0.400. The van der Waals surface area contributed by atoms with Crippen LogP contribution in [0, 0.1) is 0 Å². The minimum absolute atomic E-state index is 0.0946. The summed E-state index contributed by atoms with van der Waals surface area (Å²) in [4.78, 5) is 22.7. The summed E-state index contributed by atoms with van der Waals surface area (Å²) in [5.74, 6) is -0.394. The predicted molar refractivity (Wildman–Crippen MR) is 65.3 cm³/mol. The molecular formula is C10H12INO3. The molecule has 0 aliphatic heterocycles. The molecule has 4 nitrogen and oxygen atoms in total. The van der Waals surface area contributed by atoms with Crippen LogP contribution in [-0.2, 0) is 11.3 Å². The molecule has 0 saturated heterocycles. The van der Waals surface area contributed by atoms with Crippen LogP contribution >= 0.6 is 22.6 Å². The highest BCUT2D eigenvalue weighted by Crippen LogP contribution is 2.01. The van der Waals surface area contributed by atoms with Gasteiger partial charge in [-0.3, -0.25) is 4.79 Å². The molecule has 1 heterocycles. The standard InChI is InChI=1S/C10H12INO3/c1-2-5-12-6-8(3-4-9(12)13)10(14)15-7-11/h3-4,6H,2,5,7H2,1H3. The first-order chi connectivity index (χ1) is 7.19. The molecule has 5 heteroatoms. The summed E-state index contributed by atoms with van der Waals surface area (Å²) in [7, 11) is 0. The fourth-order valence-corrected chi connectivity index (χ4v) is 1.48. The molecule has 1 aromatic rings. The second-order valence-electron chi connectivity index (χ2n) is 2.99. The number of carbonyl (C=O) groups is 1. The number of esters is 1. The Labute approximate surface area is 101 Å². The Hall–Kier alpha value is -0.850. The van der Waals surface area contributed by atoms with Crippen LogP contribution in [-0.4, -0.2) is 15.2 Å². The van der Waals surface area contributed by atoms with Gasteiger partial charge in [-0.1, -0.05) is 6.92 Å². The lowest BCUT2D eigenvalue weighted by molar-refractivity contribution is 0.0589. The van der Waals surface area contributed by atoms with Crippen molar-refractivity contribution >= 4 is 28.6 Å². The molecule has 0 amide bonds. The number of ether oxygens (including phenoxy) is 1. The summed E-state index contributed by atoms with van der Waals surface area (Å²) in [5.41, 5.74) is 0.322. The van der Waals surface area contributed by atoms with E-state index in [9.17, 15) is 9.59 Å². The Morgan fingerprint density at radius 1 is 1.53 bits per heavy atom. The molecule has 0 aromatic carbocycles. The summed E-state index contributed by atoms with van der Waals surface area (Å²) in [5, 5.41) is 0. The number of nitrogens with zero attached hydrogens (tertiary/aromatic N) is 1. The summed E-state index contributed by atoms with van der Waals surface area (Å²) in [6.07, 6.45) is 2.39. The quantitative estimate of drug-likeness (QED) is 0.483. The smallest absolute Gasteiger partial charge is 0.340 e. The second kappa shape index (κ2) is 5.89. The third-order valence-electron chi connectivity index (χ3n) is 1.87. The van der Waals surface area contributed by atoms with Gasteiger partial charge in [0.05, 0.1) is 5.56 Å². The number of alkyl halides is 1. The van der Waals surface area contributed by atoms with Crippen molar-refractivity contribution in [1.29, 1.82) is 0 Å². The van der Waals surface area contributed by atoms with E-state index in [-0.39, 0.29) is 5.56 Å². The maximum absolute atomic E-state index is 11.4. The van der Waals surface area contributed by atoms with E-state index >= 15 is 0 Å². The van der Waals surface area contributed by atoms with Crippen LogP contribution in [0.4, 0.5) is 0 Å². The molecule has 0 unspecified atom stereocenters. The van der Waals surface area contributed by atoms with Gasteiger partial charge in [0.15, 0.2) is 0 Å². The fourth-order valence-electron chi connectivity index (χ4n) is 1.20. The van der Waals surface area contributed by atoms with Gasteiger partial charge >= 0.3 is 5.97 Å². The Kier molecular flexibility index (Phi) is 4.80. The van der Waals surface area contributed by atoms with E-state index < -0.39 is 5.97 Å². The summed E-state index contributed by atoms with van der Waals surface area (Å²) >= 11 is 1.95. The molecule has 0 N–H and O–H groups in total. The van der Waals surface area contributed by atoms with Crippen molar-refractivity contribution in [3.05, 3.63) is 34.2 Å². The first-order valence-corrected chi connectivity index (χ1v) is 6.15. The number of rotatable bonds is 4. The van der Waals surface area contributed by atoms with Gasteiger partial charge in [-0.05, 0) is 35.1 Å². The lowest BCUT2D eigenvalue weighted by atomic mass is 10.3. The first-order valence-electron chi connectivity index (χ1n) is 4.62. The van der Waals surface area contributed by atoms with Gasteiger partial charge in [0.2, 0.25) is 0 Å². The topological polar surface area (TPSA) is 48.3 Å². The predicted octanol–water partition coefficient (Wildman–Crippen LogP) is 1.81. The van der Waals surface area contributed by atoms with E-state index in [0.717, 1.165) is 6.42 Å². The molecule has 0 radical (unpaired) electrons. The zero-order valence-corrected chi connectivity index (χ0v) is 10.6. The third kappa shape index (κ3) is 3.33. The molecule has 1 rings (SSSR count). The van der Waals surface area contributed by atoms with E-state index in [0.29, 0.717) is 16.7 Å². The third-order valence-corrected chi connectivity index (χ3v) is 2.18. The first kappa shape index (κ1) is 12.2. The molecule has 0 atom stereocenters. The van der Waals surface area contributed by atoms with Crippen molar-refractivity contribution in [3.63, 3.8) is 0 Å². The second-order valence-corrected chi connectivity index (χ2v) is 3.61. The molecule has 0 spiro atoms. The van der Waals surface area contributed by atoms with Gasteiger partial charge in [0.25, 0.3) is 5.56 Å². The average Bonchev–Trinajstić information content (AvgIpc) is 2.22. The molecule has 0 bridgehead atoms.